The van der Waals surface area contributed by atoms with Gasteiger partial charge >= 0.3 is 23.9 Å². The van der Waals surface area contributed by atoms with Crippen LogP contribution in [0.4, 0.5) is 0 Å². The molecule has 0 aromatic rings. The minimum atomic E-state index is -0.915. The van der Waals surface area contributed by atoms with E-state index in [1.807, 2.05) is 20.8 Å². The molecule has 158 valence electrons. The first kappa shape index (κ1) is 21.1. The van der Waals surface area contributed by atoms with Crippen molar-refractivity contribution in [3.63, 3.8) is 0 Å². The fourth-order valence-electron chi connectivity index (χ4n) is 5.80. The Balaban J connectivity index is 0.000000169. The van der Waals surface area contributed by atoms with E-state index in [9.17, 15) is 19.2 Å². The Kier molecular flexibility index (Phi) is 4.88. The van der Waals surface area contributed by atoms with Crippen molar-refractivity contribution in [2.45, 2.75) is 40.0 Å². The number of carboxylic acids is 4. The van der Waals surface area contributed by atoms with Crippen molar-refractivity contribution >= 4 is 23.9 Å². The Labute approximate surface area is 167 Å². The van der Waals surface area contributed by atoms with E-state index in [4.69, 9.17) is 20.4 Å². The van der Waals surface area contributed by atoms with Gasteiger partial charge in [-0.2, -0.15) is 0 Å². The van der Waals surface area contributed by atoms with Gasteiger partial charge in [-0.15, -0.1) is 0 Å². The first-order chi connectivity index (χ1) is 13.3. The van der Waals surface area contributed by atoms with Gasteiger partial charge in [0.25, 0.3) is 0 Å². The maximum absolute atomic E-state index is 11.1. The van der Waals surface area contributed by atoms with Crippen molar-refractivity contribution in [2.75, 3.05) is 0 Å². The molecule has 4 bridgehead atoms. The van der Waals surface area contributed by atoms with Gasteiger partial charge in [0.15, 0.2) is 0 Å². The molecule has 4 aliphatic carbocycles. The van der Waals surface area contributed by atoms with Gasteiger partial charge in [0, 0.05) is 16.6 Å². The smallest absolute Gasteiger partial charge is 0.331 e. The molecule has 0 amide bonds. The van der Waals surface area contributed by atoms with Crippen LogP contribution in [0, 0.1) is 40.4 Å². The first-order valence-corrected chi connectivity index (χ1v) is 9.67. The molecule has 0 spiro atoms. The molecule has 4 aliphatic rings. The van der Waals surface area contributed by atoms with Crippen LogP contribution in [0.2, 0.25) is 0 Å². The molecule has 29 heavy (non-hydrogen) atoms. The summed E-state index contributed by atoms with van der Waals surface area (Å²) in [7, 11) is 0. The third-order valence-electron chi connectivity index (χ3n) is 7.81. The summed E-state index contributed by atoms with van der Waals surface area (Å²) < 4.78 is 0. The molecule has 8 heteroatoms. The minimum Gasteiger partial charge on any atom is -0.481 e. The average Bonchev–Trinajstić information content (AvgIpc) is 3.30. The van der Waals surface area contributed by atoms with Crippen molar-refractivity contribution in [1.29, 1.82) is 0 Å². The number of carbonyl (C=O) groups is 4. The predicted octanol–water partition coefficient (Wildman–Crippen LogP) is 2.50. The topological polar surface area (TPSA) is 149 Å². The van der Waals surface area contributed by atoms with Gasteiger partial charge < -0.3 is 20.4 Å². The predicted molar refractivity (Wildman–Crippen MR) is 99.9 cm³/mol. The maximum Gasteiger partial charge on any atom is 0.331 e. The van der Waals surface area contributed by atoms with Crippen molar-refractivity contribution in [2.24, 2.45) is 40.4 Å². The standard InChI is InChI=1S/C12H16O4.C9H10O4/c1-11(2)7-4-8(10(15)16)12(11,3)5-6(7)9(13)14;10-8(11)6-2-4-1-5(6)3-7(4)9(12)13/h4,6-7H,5H2,1-3H3,(H,13,14)(H,15,16);2,4-5,7H,1,3H2,(H,10,11)(H,12,13). The lowest BCUT2D eigenvalue weighted by molar-refractivity contribution is -0.144. The summed E-state index contributed by atoms with van der Waals surface area (Å²) in [5, 5.41) is 35.8. The van der Waals surface area contributed by atoms with Crippen molar-refractivity contribution in [3.05, 3.63) is 23.3 Å². The molecule has 8 nitrogen and oxygen atoms in total. The lowest BCUT2D eigenvalue weighted by atomic mass is 9.67. The molecule has 0 aromatic carbocycles. The Morgan fingerprint density at radius 1 is 0.862 bits per heavy atom. The summed E-state index contributed by atoms with van der Waals surface area (Å²) in [6.45, 7) is 5.80. The second-order valence-corrected chi connectivity index (χ2v) is 9.32. The highest BCUT2D eigenvalue weighted by Crippen LogP contribution is 2.67. The zero-order chi connectivity index (χ0) is 21.9. The highest BCUT2D eigenvalue weighted by atomic mass is 16.4. The van der Waals surface area contributed by atoms with E-state index in [2.05, 4.69) is 0 Å². The fourth-order valence-corrected chi connectivity index (χ4v) is 5.80. The molecule has 2 fully saturated rings. The Morgan fingerprint density at radius 2 is 1.45 bits per heavy atom. The highest BCUT2D eigenvalue weighted by Gasteiger charge is 2.64. The Morgan fingerprint density at radius 3 is 1.79 bits per heavy atom. The normalized spacial score (nSPS) is 38.0. The zero-order valence-corrected chi connectivity index (χ0v) is 16.6. The van der Waals surface area contributed by atoms with E-state index in [1.54, 1.807) is 12.2 Å². The van der Waals surface area contributed by atoms with Crippen molar-refractivity contribution in [1.82, 2.24) is 0 Å². The zero-order valence-electron chi connectivity index (χ0n) is 16.6. The summed E-state index contributed by atoms with van der Waals surface area (Å²) in [5.74, 6) is -4.46. The number of rotatable bonds is 4. The molecule has 2 saturated carbocycles. The molecule has 6 atom stereocenters. The monoisotopic (exact) mass is 406 g/mol. The Bertz CT molecular complexity index is 851. The molecule has 0 radical (unpaired) electrons. The summed E-state index contributed by atoms with van der Waals surface area (Å²) in [6, 6.07) is 0. The molecule has 0 saturated heterocycles. The van der Waals surface area contributed by atoms with E-state index in [0.717, 1.165) is 0 Å². The second-order valence-electron chi connectivity index (χ2n) is 9.32. The highest BCUT2D eigenvalue weighted by molar-refractivity contribution is 5.91. The number of fused-ring (bicyclic) bond motifs is 4. The summed E-state index contributed by atoms with van der Waals surface area (Å²) >= 11 is 0. The van der Waals surface area contributed by atoms with Gasteiger partial charge in [0.05, 0.1) is 11.8 Å². The summed E-state index contributed by atoms with van der Waals surface area (Å²) in [6.07, 6.45) is 4.91. The Hall–Kier alpha value is -2.64. The molecule has 0 aliphatic heterocycles. The van der Waals surface area contributed by atoms with Gasteiger partial charge in [0.1, 0.15) is 0 Å². The average molecular weight is 406 g/mol. The van der Waals surface area contributed by atoms with Crippen molar-refractivity contribution < 1.29 is 39.6 Å². The van der Waals surface area contributed by atoms with Crippen LogP contribution < -0.4 is 0 Å². The number of aliphatic carboxylic acids is 4. The third-order valence-corrected chi connectivity index (χ3v) is 7.81. The van der Waals surface area contributed by atoms with Crippen LogP contribution in [0.15, 0.2) is 23.3 Å². The molecule has 0 aromatic heterocycles. The van der Waals surface area contributed by atoms with Gasteiger partial charge in [-0.3, -0.25) is 9.59 Å². The molecule has 0 heterocycles. The number of hydrogen-bond donors (Lipinski definition) is 4. The number of hydrogen-bond acceptors (Lipinski definition) is 4. The van der Waals surface area contributed by atoms with Crippen LogP contribution in [0.25, 0.3) is 0 Å². The quantitative estimate of drug-likeness (QED) is 0.556. The van der Waals surface area contributed by atoms with E-state index in [0.29, 0.717) is 30.4 Å². The number of carboxylic acid groups (broad SMARTS) is 4. The molecular formula is C21H26O8. The molecule has 6 unspecified atom stereocenters. The van der Waals surface area contributed by atoms with Gasteiger partial charge in [-0.05, 0) is 42.4 Å². The second kappa shape index (κ2) is 6.71. The first-order valence-electron chi connectivity index (χ1n) is 9.67. The van der Waals surface area contributed by atoms with Crippen LogP contribution in [-0.4, -0.2) is 44.3 Å². The van der Waals surface area contributed by atoms with Crippen LogP contribution in [0.1, 0.15) is 40.0 Å². The van der Waals surface area contributed by atoms with Crippen LogP contribution in [0.5, 0.6) is 0 Å². The SMILES string of the molecule is CC12CC(C(=O)O)C(C=C1C(=O)O)C2(C)C.O=C(O)C1=CC2CC1CC2C(=O)O. The largest absolute Gasteiger partial charge is 0.481 e. The van der Waals surface area contributed by atoms with Crippen LogP contribution >= 0.6 is 0 Å². The molecular weight excluding hydrogens is 380 g/mol. The van der Waals surface area contributed by atoms with E-state index < -0.39 is 35.2 Å². The summed E-state index contributed by atoms with van der Waals surface area (Å²) in [5.41, 5.74) is -0.00132. The minimum absolute atomic E-state index is 0.0244. The van der Waals surface area contributed by atoms with E-state index in [1.165, 1.54) is 0 Å². The van der Waals surface area contributed by atoms with Gasteiger partial charge in [0.2, 0.25) is 0 Å². The maximum atomic E-state index is 11.1. The van der Waals surface area contributed by atoms with Crippen LogP contribution in [0.3, 0.4) is 0 Å². The van der Waals surface area contributed by atoms with Gasteiger partial charge in [-0.25, -0.2) is 9.59 Å². The van der Waals surface area contributed by atoms with Crippen LogP contribution in [-0.2, 0) is 19.2 Å². The number of allylic oxidation sites excluding steroid dienone is 2. The molecule has 4 rings (SSSR count). The summed E-state index contributed by atoms with van der Waals surface area (Å²) in [4.78, 5) is 43.6. The van der Waals surface area contributed by atoms with Gasteiger partial charge in [-0.1, -0.05) is 32.9 Å². The third kappa shape index (κ3) is 3.05. The fraction of sp³-hybridized carbons (Fsp3) is 0.619. The molecule has 4 N–H and O–H groups in total. The van der Waals surface area contributed by atoms with Crippen molar-refractivity contribution in [3.8, 4) is 0 Å². The lowest BCUT2D eigenvalue weighted by Gasteiger charge is -2.35. The lowest BCUT2D eigenvalue weighted by Crippen LogP contribution is -2.32. The van der Waals surface area contributed by atoms with E-state index >= 15 is 0 Å². The van der Waals surface area contributed by atoms with E-state index in [-0.39, 0.29) is 29.1 Å².